The summed E-state index contributed by atoms with van der Waals surface area (Å²) in [5.41, 5.74) is 2.48. The largest absolute Gasteiger partial charge is 0.416 e. The molecule has 0 fully saturated rings. The molecule has 1 unspecified atom stereocenters. The van der Waals surface area contributed by atoms with Gasteiger partial charge in [0.1, 0.15) is 0 Å². The Hall–Kier alpha value is -2.03. The summed E-state index contributed by atoms with van der Waals surface area (Å²) in [6, 6.07) is 14.4. The second kappa shape index (κ2) is 4.51. The van der Waals surface area contributed by atoms with Gasteiger partial charge < -0.3 is 0 Å². The summed E-state index contributed by atoms with van der Waals surface area (Å²) in [5.74, 6) is -0.316. The molecular weight excluding hydrogens is 261 g/mol. The van der Waals surface area contributed by atoms with Crippen LogP contribution in [0.1, 0.15) is 28.2 Å². The van der Waals surface area contributed by atoms with Gasteiger partial charge in [-0.25, -0.2) is 0 Å². The van der Waals surface area contributed by atoms with E-state index in [1.54, 1.807) is 24.3 Å². The molecule has 0 amide bonds. The minimum Gasteiger partial charge on any atom is -0.166 e. The first kappa shape index (κ1) is 13.0. The lowest BCUT2D eigenvalue weighted by molar-refractivity contribution is -0.0688. The molecule has 0 N–H and O–H groups in total. The Labute approximate surface area is 115 Å². The Morgan fingerprint density at radius 2 is 1.55 bits per heavy atom. The number of hydrogen-bond donors (Lipinski definition) is 0. The van der Waals surface area contributed by atoms with Crippen LogP contribution in [0.4, 0.5) is 13.2 Å². The summed E-state index contributed by atoms with van der Waals surface area (Å²) in [6.07, 6.45) is -2.98. The molecule has 0 aliphatic heterocycles. The highest BCUT2D eigenvalue weighted by Crippen LogP contribution is 2.46. The number of alkyl halides is 3. The summed E-state index contributed by atoms with van der Waals surface area (Å²) < 4.78 is 39.4. The van der Waals surface area contributed by atoms with Crippen LogP contribution in [0.3, 0.4) is 0 Å². The van der Waals surface area contributed by atoms with Gasteiger partial charge in [-0.15, -0.1) is 0 Å². The average molecular weight is 274 g/mol. The number of aryl methyl sites for hydroxylation is 1. The second-order valence-electron chi connectivity index (χ2n) is 5.05. The van der Waals surface area contributed by atoms with E-state index in [0.717, 1.165) is 16.7 Å². The van der Waals surface area contributed by atoms with Gasteiger partial charge in [-0.1, -0.05) is 60.2 Å². The molecule has 2 aromatic carbocycles. The van der Waals surface area contributed by atoms with Gasteiger partial charge in [0, 0.05) is 5.92 Å². The fourth-order valence-electron chi connectivity index (χ4n) is 2.66. The zero-order chi connectivity index (χ0) is 14.3. The first-order chi connectivity index (χ1) is 9.47. The number of benzene rings is 2. The van der Waals surface area contributed by atoms with E-state index in [2.05, 4.69) is 0 Å². The van der Waals surface area contributed by atoms with Crippen LogP contribution in [0, 0.1) is 6.92 Å². The Morgan fingerprint density at radius 3 is 2.20 bits per heavy atom. The molecule has 102 valence electrons. The van der Waals surface area contributed by atoms with Crippen molar-refractivity contribution in [2.75, 3.05) is 0 Å². The van der Waals surface area contributed by atoms with Gasteiger partial charge >= 0.3 is 6.18 Å². The van der Waals surface area contributed by atoms with Crippen molar-refractivity contribution < 1.29 is 13.2 Å². The molecule has 0 saturated heterocycles. The fourth-order valence-corrected chi connectivity index (χ4v) is 2.66. The number of allylic oxidation sites excluding steroid dienone is 2. The molecule has 3 rings (SSSR count). The lowest BCUT2D eigenvalue weighted by atomic mass is 9.93. The zero-order valence-corrected chi connectivity index (χ0v) is 10.9. The smallest absolute Gasteiger partial charge is 0.166 e. The topological polar surface area (TPSA) is 0 Å². The predicted octanol–water partition coefficient (Wildman–Crippen LogP) is 5.09. The fraction of sp³-hybridized carbons (Fsp3) is 0.176. The van der Waals surface area contributed by atoms with Gasteiger partial charge in [-0.2, -0.15) is 13.2 Å². The van der Waals surface area contributed by atoms with Gasteiger partial charge in [-0.3, -0.25) is 0 Å². The molecule has 0 heterocycles. The monoisotopic (exact) mass is 274 g/mol. The predicted molar refractivity (Wildman–Crippen MR) is 73.5 cm³/mol. The van der Waals surface area contributed by atoms with Crippen LogP contribution >= 0.6 is 0 Å². The first-order valence-corrected chi connectivity index (χ1v) is 6.42. The maximum absolute atomic E-state index is 13.1. The van der Waals surface area contributed by atoms with Crippen molar-refractivity contribution >= 4 is 5.57 Å². The van der Waals surface area contributed by atoms with Crippen molar-refractivity contribution in [3.8, 4) is 0 Å². The minimum atomic E-state index is -4.31. The van der Waals surface area contributed by atoms with Crippen molar-refractivity contribution in [2.45, 2.75) is 19.0 Å². The average Bonchev–Trinajstić information content (AvgIpc) is 2.79. The Bertz CT molecular complexity index is 663. The minimum absolute atomic E-state index is 0.297. The van der Waals surface area contributed by atoms with Crippen molar-refractivity contribution in [1.82, 2.24) is 0 Å². The Kier molecular flexibility index (Phi) is 2.93. The molecule has 0 radical (unpaired) electrons. The molecule has 0 nitrogen and oxygen atoms in total. The summed E-state index contributed by atoms with van der Waals surface area (Å²) in [5, 5.41) is 0. The lowest BCUT2D eigenvalue weighted by Gasteiger charge is -2.11. The van der Waals surface area contributed by atoms with Gasteiger partial charge in [0.15, 0.2) is 0 Å². The first-order valence-electron chi connectivity index (χ1n) is 6.42. The van der Waals surface area contributed by atoms with E-state index >= 15 is 0 Å². The van der Waals surface area contributed by atoms with Crippen LogP contribution in [-0.2, 0) is 0 Å². The highest BCUT2D eigenvalue weighted by Gasteiger charge is 2.40. The molecule has 0 spiro atoms. The van der Waals surface area contributed by atoms with Crippen LogP contribution in [0.15, 0.2) is 54.6 Å². The second-order valence-corrected chi connectivity index (χ2v) is 5.05. The van der Waals surface area contributed by atoms with E-state index in [9.17, 15) is 13.2 Å². The molecule has 20 heavy (non-hydrogen) atoms. The van der Waals surface area contributed by atoms with Gasteiger partial charge in [-0.05, 0) is 23.6 Å². The molecule has 3 heteroatoms. The lowest BCUT2D eigenvalue weighted by Crippen LogP contribution is -2.09. The molecule has 0 bridgehead atoms. The Morgan fingerprint density at radius 1 is 0.900 bits per heavy atom. The van der Waals surface area contributed by atoms with Gasteiger partial charge in [0.05, 0.1) is 5.57 Å². The summed E-state index contributed by atoms with van der Waals surface area (Å²) in [7, 11) is 0. The molecule has 1 aliphatic rings. The van der Waals surface area contributed by atoms with Crippen LogP contribution in [-0.4, -0.2) is 6.18 Å². The number of fused-ring (bicyclic) bond motifs is 1. The summed E-state index contributed by atoms with van der Waals surface area (Å²) >= 11 is 0. The summed E-state index contributed by atoms with van der Waals surface area (Å²) in [4.78, 5) is 0. The van der Waals surface area contributed by atoms with E-state index in [1.807, 2.05) is 31.2 Å². The van der Waals surface area contributed by atoms with E-state index in [0.29, 0.717) is 5.56 Å². The summed E-state index contributed by atoms with van der Waals surface area (Å²) in [6.45, 7) is 1.96. The van der Waals surface area contributed by atoms with Crippen molar-refractivity contribution in [3.63, 3.8) is 0 Å². The number of halogens is 3. The molecule has 1 atom stereocenters. The zero-order valence-electron chi connectivity index (χ0n) is 10.9. The van der Waals surface area contributed by atoms with Crippen molar-refractivity contribution in [2.24, 2.45) is 0 Å². The maximum Gasteiger partial charge on any atom is 0.416 e. The third kappa shape index (κ3) is 2.13. The van der Waals surface area contributed by atoms with Crippen LogP contribution in [0.25, 0.3) is 5.57 Å². The quantitative estimate of drug-likeness (QED) is 0.679. The maximum atomic E-state index is 13.1. The van der Waals surface area contributed by atoms with Gasteiger partial charge in [0.25, 0.3) is 0 Å². The Balaban J connectivity index is 2.13. The molecular formula is C17H13F3. The van der Waals surface area contributed by atoms with Crippen LogP contribution < -0.4 is 0 Å². The van der Waals surface area contributed by atoms with E-state index < -0.39 is 11.7 Å². The van der Waals surface area contributed by atoms with Crippen molar-refractivity contribution in [3.05, 3.63) is 76.9 Å². The normalized spacial score (nSPS) is 17.8. The van der Waals surface area contributed by atoms with Crippen molar-refractivity contribution in [1.29, 1.82) is 0 Å². The van der Waals surface area contributed by atoms with Gasteiger partial charge in [0.2, 0.25) is 0 Å². The SMILES string of the molecule is Cc1ccc(C2C=C(C(F)(F)F)c3ccccc32)cc1. The van der Waals surface area contributed by atoms with Crippen LogP contribution in [0.2, 0.25) is 0 Å². The standard InChI is InChI=1S/C17H13F3/c1-11-6-8-12(9-7-11)15-10-16(17(18,19)20)14-5-3-2-4-13(14)15/h2-10,15H,1H3. The molecule has 0 saturated carbocycles. The van der Waals surface area contributed by atoms with E-state index in [1.165, 1.54) is 6.08 Å². The highest BCUT2D eigenvalue weighted by atomic mass is 19.4. The third-order valence-corrected chi connectivity index (χ3v) is 3.66. The third-order valence-electron chi connectivity index (χ3n) is 3.66. The molecule has 2 aromatic rings. The van der Waals surface area contributed by atoms with E-state index in [4.69, 9.17) is 0 Å². The molecule has 1 aliphatic carbocycles. The van der Waals surface area contributed by atoms with Crippen LogP contribution in [0.5, 0.6) is 0 Å². The highest BCUT2D eigenvalue weighted by molar-refractivity contribution is 5.79. The molecule has 0 aromatic heterocycles. The number of hydrogen-bond acceptors (Lipinski definition) is 0. The number of rotatable bonds is 1. The van der Waals surface area contributed by atoms with E-state index in [-0.39, 0.29) is 5.92 Å².